The first kappa shape index (κ1) is 26.1. The lowest BCUT2D eigenvalue weighted by Gasteiger charge is -2.14. The number of hydrogen-bond donors (Lipinski definition) is 3. The Kier molecular flexibility index (Phi) is 12.3. The molecule has 0 aliphatic rings. The molecule has 0 bridgehead atoms. The number of nitrogens with zero attached hydrogens (tertiary/aromatic N) is 2. The number of guanidine groups is 1. The van der Waals surface area contributed by atoms with Crippen molar-refractivity contribution in [2.75, 3.05) is 26.2 Å². The van der Waals surface area contributed by atoms with Crippen molar-refractivity contribution >= 4 is 41.5 Å². The summed E-state index contributed by atoms with van der Waals surface area (Å²) < 4.78 is 34.1. The smallest absolute Gasteiger partial charge is 0.387 e. The molecule has 0 aliphatic carbocycles. The van der Waals surface area contributed by atoms with Crippen molar-refractivity contribution in [3.8, 4) is 11.6 Å². The maximum absolute atomic E-state index is 12.2. The Morgan fingerprint density at radius 2 is 1.93 bits per heavy atom. The first-order chi connectivity index (χ1) is 14.0. The van der Waals surface area contributed by atoms with Gasteiger partial charge in [-0.2, -0.15) is 8.78 Å². The molecule has 11 heteroatoms. The minimum atomic E-state index is -2.89. The lowest BCUT2D eigenvalue weighted by atomic mass is 10.1. The van der Waals surface area contributed by atoms with E-state index < -0.39 is 12.7 Å². The van der Waals surface area contributed by atoms with Gasteiger partial charge >= 0.3 is 6.61 Å². The van der Waals surface area contributed by atoms with E-state index in [-0.39, 0.29) is 36.3 Å². The maximum Gasteiger partial charge on any atom is 0.387 e. The van der Waals surface area contributed by atoms with E-state index in [0.29, 0.717) is 42.1 Å². The average molecular weight is 557 g/mol. The van der Waals surface area contributed by atoms with E-state index in [2.05, 4.69) is 25.3 Å². The highest BCUT2D eigenvalue weighted by atomic mass is 127. The highest BCUT2D eigenvalue weighted by molar-refractivity contribution is 14.0. The van der Waals surface area contributed by atoms with Gasteiger partial charge in [-0.1, -0.05) is 23.7 Å². The first-order valence-corrected chi connectivity index (χ1v) is 9.35. The van der Waals surface area contributed by atoms with Crippen LogP contribution in [-0.2, 0) is 0 Å². The van der Waals surface area contributed by atoms with Gasteiger partial charge in [-0.3, -0.25) is 4.99 Å². The summed E-state index contributed by atoms with van der Waals surface area (Å²) in [5.74, 6) is 1.01. The second-order valence-electron chi connectivity index (χ2n) is 5.77. The standard InChI is InChI=1S/C19H23ClF2N4O3.HI/c1-2-23-19(24-9-10-28-17-8-5-14(20)11-25-17)26-12-16(27)13-3-6-15(7-4-13)29-18(21)22;/h3-8,11,16,18,27H,2,9-10,12H2,1H3,(H2,23,24,26);1H. The first-order valence-electron chi connectivity index (χ1n) is 8.97. The van der Waals surface area contributed by atoms with E-state index in [1.54, 1.807) is 12.1 Å². The zero-order valence-electron chi connectivity index (χ0n) is 16.2. The number of ether oxygens (including phenoxy) is 2. The third-order valence-electron chi connectivity index (χ3n) is 3.60. The number of rotatable bonds is 10. The van der Waals surface area contributed by atoms with Crippen LogP contribution < -0.4 is 20.1 Å². The average Bonchev–Trinajstić information content (AvgIpc) is 2.70. The SMILES string of the molecule is CCNC(=NCC(O)c1ccc(OC(F)F)cc1)NCCOc1ccc(Cl)cn1.I. The zero-order chi connectivity index (χ0) is 21.1. The second kappa shape index (κ2) is 14.1. The van der Waals surface area contributed by atoms with E-state index in [4.69, 9.17) is 16.3 Å². The molecule has 3 N–H and O–H groups in total. The van der Waals surface area contributed by atoms with Crippen LogP contribution in [0.15, 0.2) is 47.6 Å². The van der Waals surface area contributed by atoms with Crippen LogP contribution in [0, 0.1) is 0 Å². The Morgan fingerprint density at radius 1 is 1.20 bits per heavy atom. The topological polar surface area (TPSA) is 88.0 Å². The summed E-state index contributed by atoms with van der Waals surface area (Å²) >= 11 is 5.77. The number of benzene rings is 1. The van der Waals surface area contributed by atoms with Crippen molar-refractivity contribution in [3.05, 3.63) is 53.2 Å². The molecule has 0 radical (unpaired) electrons. The quantitative estimate of drug-likeness (QED) is 0.179. The normalized spacial score (nSPS) is 12.1. The Labute approximate surface area is 195 Å². The second-order valence-corrected chi connectivity index (χ2v) is 6.21. The summed E-state index contributed by atoms with van der Waals surface area (Å²) in [6.07, 6.45) is 0.615. The van der Waals surface area contributed by atoms with E-state index >= 15 is 0 Å². The van der Waals surface area contributed by atoms with Gasteiger partial charge in [0.2, 0.25) is 5.88 Å². The Hall–Kier alpha value is -1.92. The van der Waals surface area contributed by atoms with Gasteiger partial charge in [0.05, 0.1) is 24.2 Å². The zero-order valence-corrected chi connectivity index (χ0v) is 19.3. The Balaban J connectivity index is 0.00000450. The van der Waals surface area contributed by atoms with Crippen LogP contribution >= 0.6 is 35.6 Å². The third kappa shape index (κ3) is 9.72. The summed E-state index contributed by atoms with van der Waals surface area (Å²) in [7, 11) is 0. The fraction of sp³-hybridized carbons (Fsp3) is 0.368. The molecule has 1 atom stereocenters. The van der Waals surface area contributed by atoms with Gasteiger partial charge in [0.15, 0.2) is 5.96 Å². The number of halogens is 4. The molecule has 2 rings (SSSR count). The number of aliphatic hydroxyl groups excluding tert-OH is 1. The van der Waals surface area contributed by atoms with E-state index in [9.17, 15) is 13.9 Å². The maximum atomic E-state index is 12.2. The lowest BCUT2D eigenvalue weighted by Crippen LogP contribution is -2.39. The molecule has 7 nitrogen and oxygen atoms in total. The van der Waals surface area contributed by atoms with Crippen molar-refractivity contribution in [3.63, 3.8) is 0 Å². The van der Waals surface area contributed by atoms with Crippen molar-refractivity contribution in [1.29, 1.82) is 0 Å². The molecule has 30 heavy (non-hydrogen) atoms. The van der Waals surface area contributed by atoms with E-state index in [1.165, 1.54) is 30.5 Å². The van der Waals surface area contributed by atoms with E-state index in [1.807, 2.05) is 6.92 Å². The molecular weight excluding hydrogens is 533 g/mol. The van der Waals surface area contributed by atoms with Gasteiger partial charge in [0.25, 0.3) is 0 Å². The molecule has 0 saturated heterocycles. The molecule has 0 amide bonds. The molecule has 0 aliphatic heterocycles. The Bertz CT molecular complexity index is 767. The van der Waals surface area contributed by atoms with Gasteiger partial charge in [-0.05, 0) is 30.7 Å². The number of aromatic nitrogens is 1. The number of aliphatic imine (C=N–C) groups is 1. The number of pyridine rings is 1. The molecule has 1 heterocycles. The van der Waals surface area contributed by atoms with Gasteiger partial charge < -0.3 is 25.2 Å². The molecule has 1 unspecified atom stereocenters. The number of nitrogens with one attached hydrogen (secondary N) is 2. The van der Waals surface area contributed by atoms with Crippen molar-refractivity contribution < 1.29 is 23.4 Å². The molecule has 0 spiro atoms. The van der Waals surface area contributed by atoms with Gasteiger partial charge in [-0.25, -0.2) is 4.98 Å². The van der Waals surface area contributed by atoms with Gasteiger partial charge in [0.1, 0.15) is 12.4 Å². The van der Waals surface area contributed by atoms with E-state index in [0.717, 1.165) is 0 Å². The van der Waals surface area contributed by atoms with Crippen molar-refractivity contribution in [2.45, 2.75) is 19.6 Å². The minimum Gasteiger partial charge on any atom is -0.476 e. The van der Waals surface area contributed by atoms with Crippen LogP contribution in [0.4, 0.5) is 8.78 Å². The Morgan fingerprint density at radius 3 is 2.53 bits per heavy atom. The van der Waals surface area contributed by atoms with Crippen molar-refractivity contribution in [2.24, 2.45) is 4.99 Å². The molecule has 0 fully saturated rings. The minimum absolute atomic E-state index is 0. The molecular formula is C19H24ClF2IN4O3. The summed E-state index contributed by atoms with van der Waals surface area (Å²) in [6.45, 7) is 0.580. The number of aliphatic hydroxyl groups is 1. The predicted octanol–water partition coefficient (Wildman–Crippen LogP) is 3.62. The number of hydrogen-bond acceptors (Lipinski definition) is 5. The molecule has 1 aromatic heterocycles. The highest BCUT2D eigenvalue weighted by Crippen LogP contribution is 2.19. The van der Waals surface area contributed by atoms with Gasteiger partial charge in [-0.15, -0.1) is 24.0 Å². The summed E-state index contributed by atoms with van der Waals surface area (Å²) in [4.78, 5) is 8.36. The molecule has 166 valence electrons. The van der Waals surface area contributed by atoms with Gasteiger partial charge in [0, 0.05) is 18.8 Å². The molecule has 0 saturated carbocycles. The summed E-state index contributed by atoms with van der Waals surface area (Å²) in [5.41, 5.74) is 0.545. The van der Waals surface area contributed by atoms with Crippen LogP contribution in [0.5, 0.6) is 11.6 Å². The van der Waals surface area contributed by atoms with Crippen LogP contribution in [0.2, 0.25) is 5.02 Å². The fourth-order valence-electron chi connectivity index (χ4n) is 2.27. The monoisotopic (exact) mass is 556 g/mol. The van der Waals surface area contributed by atoms with Crippen LogP contribution in [0.25, 0.3) is 0 Å². The van der Waals surface area contributed by atoms with Crippen molar-refractivity contribution in [1.82, 2.24) is 15.6 Å². The largest absolute Gasteiger partial charge is 0.476 e. The van der Waals surface area contributed by atoms with Crippen LogP contribution in [-0.4, -0.2) is 48.9 Å². The summed E-state index contributed by atoms with van der Waals surface area (Å²) in [6, 6.07) is 9.16. The predicted molar refractivity (Wildman–Crippen MR) is 122 cm³/mol. The fourth-order valence-corrected chi connectivity index (χ4v) is 2.38. The number of alkyl halides is 2. The highest BCUT2D eigenvalue weighted by Gasteiger charge is 2.09. The van der Waals surface area contributed by atoms with Crippen LogP contribution in [0.1, 0.15) is 18.6 Å². The van der Waals surface area contributed by atoms with Crippen LogP contribution in [0.3, 0.4) is 0 Å². The molecule has 2 aromatic rings. The molecule has 1 aromatic carbocycles. The lowest BCUT2D eigenvalue weighted by molar-refractivity contribution is -0.0498. The third-order valence-corrected chi connectivity index (χ3v) is 3.82. The summed E-state index contributed by atoms with van der Waals surface area (Å²) in [5, 5.41) is 16.9.